The van der Waals surface area contributed by atoms with E-state index < -0.39 is 12.1 Å². The Morgan fingerprint density at radius 3 is 1.23 bits per heavy atom. The van der Waals surface area contributed by atoms with Crippen molar-refractivity contribution in [1.29, 1.82) is 0 Å². The summed E-state index contributed by atoms with van der Waals surface area (Å²) in [5.41, 5.74) is 0. The first-order valence-corrected chi connectivity index (χ1v) is 23.6. The lowest BCUT2D eigenvalue weighted by atomic mass is 10.1. The molecule has 0 aromatic rings. The number of carbonyl (C=O) groups excluding carboxylic acids is 3. The largest absolute Gasteiger partial charge is 0.462 e. The van der Waals surface area contributed by atoms with Crippen LogP contribution in [0.25, 0.3) is 0 Å². The molecule has 0 amide bonds. The molecular weight excluding hydrogens is 697 g/mol. The monoisotopic (exact) mass is 785 g/mol. The lowest BCUT2D eigenvalue weighted by molar-refractivity contribution is -0.166. The summed E-state index contributed by atoms with van der Waals surface area (Å²) < 4.78 is 16.6. The van der Waals surface area contributed by atoms with E-state index in [1.54, 1.807) is 6.08 Å². The second-order valence-corrected chi connectivity index (χ2v) is 15.7. The van der Waals surface area contributed by atoms with E-state index in [1.807, 2.05) is 6.08 Å². The van der Waals surface area contributed by atoms with Gasteiger partial charge in [-0.1, -0.05) is 204 Å². The summed E-state index contributed by atoms with van der Waals surface area (Å²) in [7, 11) is 0. The van der Waals surface area contributed by atoms with Gasteiger partial charge in [0.05, 0.1) is 6.42 Å². The predicted octanol–water partition coefficient (Wildman–Crippen LogP) is 15.1. The summed E-state index contributed by atoms with van der Waals surface area (Å²) in [6, 6.07) is 0. The Hall–Kier alpha value is -2.63. The molecule has 0 saturated carbocycles. The zero-order valence-corrected chi connectivity index (χ0v) is 36.9. The Kier molecular flexibility index (Phi) is 43.0. The van der Waals surface area contributed by atoms with Gasteiger partial charge in [-0.05, 0) is 57.8 Å². The van der Waals surface area contributed by atoms with Crippen LogP contribution in [-0.2, 0) is 28.6 Å². The highest BCUT2D eigenvalue weighted by atomic mass is 16.6. The smallest absolute Gasteiger partial charge is 0.309 e. The number of allylic oxidation sites excluding steroid dienone is 7. The number of carbonyl (C=O) groups is 3. The van der Waals surface area contributed by atoms with Crippen molar-refractivity contribution in [3.63, 3.8) is 0 Å². The van der Waals surface area contributed by atoms with Crippen LogP contribution < -0.4 is 0 Å². The summed E-state index contributed by atoms with van der Waals surface area (Å²) in [5.74, 6) is -1.04. The fraction of sp³-hybridized carbons (Fsp3) is 0.780. The molecule has 6 heteroatoms. The quantitative estimate of drug-likeness (QED) is 0.0265. The van der Waals surface area contributed by atoms with Gasteiger partial charge in [0.15, 0.2) is 6.10 Å². The molecule has 0 bridgehead atoms. The maximum atomic E-state index is 12.7. The highest BCUT2D eigenvalue weighted by Gasteiger charge is 2.19. The van der Waals surface area contributed by atoms with Crippen molar-refractivity contribution in [2.45, 2.75) is 239 Å². The molecule has 0 aromatic carbocycles. The SMILES string of the molecule is CC/C=C\C/C=C\C/C=C\CC(=O)OCC(COC(=O)CCCCCCC/C=C\CCCCCCCCCCC)OC(=O)CCCCCCCCCCCCC. The van der Waals surface area contributed by atoms with Crippen molar-refractivity contribution in [2.24, 2.45) is 0 Å². The third-order valence-corrected chi connectivity index (χ3v) is 10.1. The van der Waals surface area contributed by atoms with Gasteiger partial charge in [0.25, 0.3) is 0 Å². The van der Waals surface area contributed by atoms with E-state index in [9.17, 15) is 14.4 Å². The standard InChI is InChI=1S/C50H88O6/c1-4-7-10-13-16-19-21-22-23-24-25-26-27-29-31-34-37-40-43-49(52)55-46-47(45-54-48(51)42-39-36-33-30-18-15-12-9-6-3)56-50(53)44-41-38-35-32-28-20-17-14-11-8-5-2/h9,12,18,25-26,30,36,39,47H,4-8,10-11,13-17,19-24,27-29,31-35,37-38,40-46H2,1-3H3/b12-9-,26-25-,30-18-,39-36-. The average molecular weight is 785 g/mol. The molecule has 1 unspecified atom stereocenters. The normalized spacial score (nSPS) is 12.4. The topological polar surface area (TPSA) is 78.9 Å². The fourth-order valence-electron chi connectivity index (χ4n) is 6.56. The van der Waals surface area contributed by atoms with E-state index in [-0.39, 0.29) is 31.6 Å². The lowest BCUT2D eigenvalue weighted by Crippen LogP contribution is -2.30. The first kappa shape index (κ1) is 53.4. The Morgan fingerprint density at radius 1 is 0.393 bits per heavy atom. The predicted molar refractivity (Wildman–Crippen MR) is 238 cm³/mol. The highest BCUT2D eigenvalue weighted by Crippen LogP contribution is 2.14. The third kappa shape index (κ3) is 42.5. The molecule has 0 fully saturated rings. The molecule has 0 rings (SSSR count). The first-order chi connectivity index (χ1) is 27.5. The minimum absolute atomic E-state index is 0.103. The molecule has 1 atom stereocenters. The highest BCUT2D eigenvalue weighted by molar-refractivity contribution is 5.72. The molecule has 0 aromatic heterocycles. The summed E-state index contributed by atoms with van der Waals surface area (Å²) in [4.78, 5) is 37.6. The van der Waals surface area contributed by atoms with Gasteiger partial charge in [-0.2, -0.15) is 0 Å². The summed E-state index contributed by atoms with van der Waals surface area (Å²) in [5, 5.41) is 0. The van der Waals surface area contributed by atoms with E-state index in [1.165, 1.54) is 128 Å². The number of hydrogen-bond donors (Lipinski definition) is 0. The third-order valence-electron chi connectivity index (χ3n) is 10.1. The lowest BCUT2D eigenvalue weighted by Gasteiger charge is -2.18. The van der Waals surface area contributed by atoms with Gasteiger partial charge in [-0.25, -0.2) is 0 Å². The van der Waals surface area contributed by atoms with Gasteiger partial charge in [0.2, 0.25) is 0 Å². The van der Waals surface area contributed by atoms with Gasteiger partial charge < -0.3 is 14.2 Å². The van der Waals surface area contributed by atoms with Crippen LogP contribution >= 0.6 is 0 Å². The molecule has 6 nitrogen and oxygen atoms in total. The molecule has 0 aliphatic heterocycles. The van der Waals surface area contributed by atoms with Crippen LogP contribution in [-0.4, -0.2) is 37.2 Å². The van der Waals surface area contributed by atoms with E-state index in [0.29, 0.717) is 12.8 Å². The van der Waals surface area contributed by atoms with E-state index in [2.05, 4.69) is 57.2 Å². The minimum Gasteiger partial charge on any atom is -0.462 e. The van der Waals surface area contributed by atoms with Crippen molar-refractivity contribution in [3.05, 3.63) is 48.6 Å². The molecule has 0 spiro atoms. The van der Waals surface area contributed by atoms with Crippen molar-refractivity contribution < 1.29 is 28.6 Å². The molecule has 0 aliphatic rings. The number of rotatable bonds is 42. The van der Waals surface area contributed by atoms with E-state index >= 15 is 0 Å². The number of hydrogen-bond acceptors (Lipinski definition) is 6. The Balaban J connectivity index is 4.34. The second kappa shape index (κ2) is 45.1. The summed E-state index contributed by atoms with van der Waals surface area (Å²) in [6.45, 7) is 6.41. The number of ether oxygens (including phenoxy) is 3. The zero-order valence-electron chi connectivity index (χ0n) is 36.9. The summed E-state index contributed by atoms with van der Waals surface area (Å²) in [6.07, 6.45) is 52.8. The van der Waals surface area contributed by atoms with Crippen molar-refractivity contribution in [2.75, 3.05) is 13.2 Å². The van der Waals surface area contributed by atoms with Gasteiger partial charge in [0.1, 0.15) is 13.2 Å². The van der Waals surface area contributed by atoms with Crippen molar-refractivity contribution >= 4 is 17.9 Å². The van der Waals surface area contributed by atoms with Gasteiger partial charge in [-0.3, -0.25) is 14.4 Å². The van der Waals surface area contributed by atoms with Crippen molar-refractivity contribution in [3.8, 4) is 0 Å². The van der Waals surface area contributed by atoms with Gasteiger partial charge in [-0.15, -0.1) is 0 Å². The van der Waals surface area contributed by atoms with Crippen LogP contribution in [0, 0.1) is 0 Å². The molecule has 0 radical (unpaired) electrons. The molecule has 0 aliphatic carbocycles. The van der Waals surface area contributed by atoms with E-state index in [4.69, 9.17) is 14.2 Å². The minimum atomic E-state index is -0.806. The maximum absolute atomic E-state index is 12.7. The average Bonchev–Trinajstić information content (AvgIpc) is 3.19. The molecule has 56 heavy (non-hydrogen) atoms. The molecule has 0 N–H and O–H groups in total. The van der Waals surface area contributed by atoms with Crippen LogP contribution in [0.4, 0.5) is 0 Å². The Labute approximate surface area is 346 Å². The van der Waals surface area contributed by atoms with Crippen LogP contribution in [0.5, 0.6) is 0 Å². The Bertz CT molecular complexity index is 996. The fourth-order valence-corrected chi connectivity index (χ4v) is 6.56. The van der Waals surface area contributed by atoms with Crippen LogP contribution in [0.15, 0.2) is 48.6 Å². The summed E-state index contributed by atoms with van der Waals surface area (Å²) >= 11 is 0. The molecule has 324 valence electrons. The van der Waals surface area contributed by atoms with Crippen LogP contribution in [0.3, 0.4) is 0 Å². The van der Waals surface area contributed by atoms with Crippen LogP contribution in [0.2, 0.25) is 0 Å². The van der Waals surface area contributed by atoms with Gasteiger partial charge in [0, 0.05) is 12.8 Å². The zero-order chi connectivity index (χ0) is 40.8. The number of esters is 3. The molecule has 0 heterocycles. The van der Waals surface area contributed by atoms with E-state index in [0.717, 1.165) is 64.2 Å². The van der Waals surface area contributed by atoms with Crippen LogP contribution in [0.1, 0.15) is 233 Å². The maximum Gasteiger partial charge on any atom is 0.309 e. The van der Waals surface area contributed by atoms with Gasteiger partial charge >= 0.3 is 17.9 Å². The molecule has 0 saturated heterocycles. The molecular formula is C50H88O6. The second-order valence-electron chi connectivity index (χ2n) is 15.7. The Morgan fingerprint density at radius 2 is 0.768 bits per heavy atom. The number of unbranched alkanes of at least 4 members (excludes halogenated alkanes) is 24. The van der Waals surface area contributed by atoms with Crippen molar-refractivity contribution in [1.82, 2.24) is 0 Å². The first-order valence-electron chi connectivity index (χ1n) is 23.6.